The van der Waals surface area contributed by atoms with Crippen molar-refractivity contribution >= 4 is 0 Å². The van der Waals surface area contributed by atoms with E-state index in [0.717, 1.165) is 0 Å². The van der Waals surface area contributed by atoms with E-state index in [9.17, 15) is 0 Å². The number of likely N-dealkylation sites (tertiary alicyclic amines) is 1. The zero-order valence-electron chi connectivity index (χ0n) is 10.6. The lowest BCUT2D eigenvalue weighted by Gasteiger charge is -2.38. The molecule has 2 unspecified atom stereocenters. The molecule has 1 saturated heterocycles. The molecule has 3 heteroatoms. The van der Waals surface area contributed by atoms with Gasteiger partial charge in [0.05, 0.1) is 0 Å². The second-order valence-corrected chi connectivity index (χ2v) is 5.12. The van der Waals surface area contributed by atoms with Crippen LogP contribution in [0.25, 0.3) is 0 Å². The van der Waals surface area contributed by atoms with Crippen molar-refractivity contribution in [2.45, 2.75) is 44.7 Å². The molecule has 0 amide bonds. The molecule has 1 heterocycles. The summed E-state index contributed by atoms with van der Waals surface area (Å²) in [5, 5.41) is 0. The molecule has 1 aliphatic rings. The van der Waals surface area contributed by atoms with Gasteiger partial charge in [0.15, 0.2) is 0 Å². The topological polar surface area (TPSA) is 32.5 Å². The van der Waals surface area contributed by atoms with Gasteiger partial charge in [-0.05, 0) is 59.9 Å². The third-order valence-corrected chi connectivity index (χ3v) is 3.32. The van der Waals surface area contributed by atoms with Crippen LogP contribution in [0.1, 0.15) is 32.6 Å². The number of hydrogen-bond donors (Lipinski definition) is 1. The van der Waals surface area contributed by atoms with Crippen LogP contribution < -0.4 is 5.73 Å². The Morgan fingerprint density at radius 2 is 2.13 bits per heavy atom. The summed E-state index contributed by atoms with van der Waals surface area (Å²) >= 11 is 0. The van der Waals surface area contributed by atoms with Crippen LogP contribution in [0.5, 0.6) is 0 Å². The van der Waals surface area contributed by atoms with E-state index in [-0.39, 0.29) is 0 Å². The summed E-state index contributed by atoms with van der Waals surface area (Å²) in [5.41, 5.74) is 6.04. The van der Waals surface area contributed by atoms with E-state index in [1.165, 1.54) is 45.3 Å². The van der Waals surface area contributed by atoms with E-state index in [4.69, 9.17) is 5.73 Å². The Morgan fingerprint density at radius 1 is 1.40 bits per heavy atom. The second kappa shape index (κ2) is 6.46. The standard InChI is InChI=1S/C12H27N3/c1-11(13)12-7-4-5-9-15(12)10-6-8-14(2)3/h11-12H,4-10,13H2,1-3H3. The maximum absolute atomic E-state index is 6.04. The molecule has 15 heavy (non-hydrogen) atoms. The van der Waals surface area contributed by atoms with Crippen molar-refractivity contribution in [1.29, 1.82) is 0 Å². The van der Waals surface area contributed by atoms with Gasteiger partial charge < -0.3 is 10.6 Å². The average molecular weight is 213 g/mol. The maximum Gasteiger partial charge on any atom is 0.0244 e. The third kappa shape index (κ3) is 4.49. The normalized spacial score (nSPS) is 25.8. The smallest absolute Gasteiger partial charge is 0.0244 e. The van der Waals surface area contributed by atoms with E-state index in [1.807, 2.05) is 0 Å². The Hall–Kier alpha value is -0.120. The first-order chi connectivity index (χ1) is 7.11. The molecular formula is C12H27N3. The highest BCUT2D eigenvalue weighted by Crippen LogP contribution is 2.18. The predicted molar refractivity (Wildman–Crippen MR) is 66.0 cm³/mol. The van der Waals surface area contributed by atoms with E-state index < -0.39 is 0 Å². The van der Waals surface area contributed by atoms with E-state index >= 15 is 0 Å². The SMILES string of the molecule is CC(N)C1CCCCN1CCCN(C)C. The molecule has 1 aliphatic heterocycles. The average Bonchev–Trinajstić information content (AvgIpc) is 2.17. The summed E-state index contributed by atoms with van der Waals surface area (Å²) in [6, 6.07) is 0.950. The molecule has 0 aliphatic carbocycles. The van der Waals surface area contributed by atoms with Crippen molar-refractivity contribution in [3.8, 4) is 0 Å². The van der Waals surface area contributed by atoms with Crippen molar-refractivity contribution in [3.05, 3.63) is 0 Å². The Morgan fingerprint density at radius 3 is 2.73 bits per heavy atom. The fourth-order valence-electron chi connectivity index (χ4n) is 2.48. The lowest BCUT2D eigenvalue weighted by Crippen LogP contribution is -2.49. The molecule has 0 aromatic rings. The molecular weight excluding hydrogens is 186 g/mol. The van der Waals surface area contributed by atoms with Gasteiger partial charge in [-0.1, -0.05) is 6.42 Å². The molecule has 0 radical (unpaired) electrons. The van der Waals surface area contributed by atoms with Gasteiger partial charge in [0, 0.05) is 12.1 Å². The van der Waals surface area contributed by atoms with Gasteiger partial charge in [0.2, 0.25) is 0 Å². The van der Waals surface area contributed by atoms with Gasteiger partial charge >= 0.3 is 0 Å². The Balaban J connectivity index is 2.29. The maximum atomic E-state index is 6.04. The van der Waals surface area contributed by atoms with Crippen LogP contribution >= 0.6 is 0 Å². The van der Waals surface area contributed by atoms with Crippen molar-refractivity contribution in [1.82, 2.24) is 9.80 Å². The van der Waals surface area contributed by atoms with E-state index in [0.29, 0.717) is 12.1 Å². The summed E-state index contributed by atoms with van der Waals surface area (Å²) in [4.78, 5) is 4.85. The largest absolute Gasteiger partial charge is 0.327 e. The van der Waals surface area contributed by atoms with Crippen molar-refractivity contribution in [2.24, 2.45) is 5.73 Å². The molecule has 2 atom stereocenters. The quantitative estimate of drug-likeness (QED) is 0.743. The first-order valence-electron chi connectivity index (χ1n) is 6.25. The lowest BCUT2D eigenvalue weighted by atomic mass is 9.97. The fourth-order valence-corrected chi connectivity index (χ4v) is 2.48. The molecule has 1 fully saturated rings. The molecule has 2 N–H and O–H groups in total. The van der Waals surface area contributed by atoms with E-state index in [1.54, 1.807) is 0 Å². The highest BCUT2D eigenvalue weighted by Gasteiger charge is 2.24. The summed E-state index contributed by atoms with van der Waals surface area (Å²) in [6.45, 7) is 5.79. The Labute approximate surface area is 94.6 Å². The van der Waals surface area contributed by atoms with Crippen LogP contribution in [0.3, 0.4) is 0 Å². The summed E-state index contributed by atoms with van der Waals surface area (Å²) < 4.78 is 0. The second-order valence-electron chi connectivity index (χ2n) is 5.12. The van der Waals surface area contributed by atoms with Crippen LogP contribution in [-0.2, 0) is 0 Å². The first-order valence-corrected chi connectivity index (χ1v) is 6.25. The minimum atomic E-state index is 0.324. The van der Waals surface area contributed by atoms with Gasteiger partial charge in [-0.25, -0.2) is 0 Å². The van der Waals surface area contributed by atoms with Crippen LogP contribution in [0.15, 0.2) is 0 Å². The zero-order valence-corrected chi connectivity index (χ0v) is 10.6. The third-order valence-electron chi connectivity index (χ3n) is 3.32. The number of rotatable bonds is 5. The van der Waals surface area contributed by atoms with E-state index in [2.05, 4.69) is 30.8 Å². The summed E-state index contributed by atoms with van der Waals surface area (Å²) in [7, 11) is 4.28. The molecule has 3 nitrogen and oxygen atoms in total. The number of nitrogens with two attached hydrogens (primary N) is 1. The number of hydrogen-bond acceptors (Lipinski definition) is 3. The summed E-state index contributed by atoms with van der Waals surface area (Å²) in [5.74, 6) is 0. The van der Waals surface area contributed by atoms with Gasteiger partial charge in [-0.3, -0.25) is 4.90 Å². The van der Waals surface area contributed by atoms with Crippen LogP contribution in [0, 0.1) is 0 Å². The zero-order chi connectivity index (χ0) is 11.3. The molecule has 0 spiro atoms. The first kappa shape index (κ1) is 12.9. The minimum absolute atomic E-state index is 0.324. The highest BCUT2D eigenvalue weighted by atomic mass is 15.2. The van der Waals surface area contributed by atoms with Crippen LogP contribution in [0.4, 0.5) is 0 Å². The molecule has 1 rings (SSSR count). The number of piperidine rings is 1. The van der Waals surface area contributed by atoms with Crippen molar-refractivity contribution in [3.63, 3.8) is 0 Å². The predicted octanol–water partition coefficient (Wildman–Crippen LogP) is 1.14. The molecule has 90 valence electrons. The Kier molecular flexibility index (Phi) is 5.58. The van der Waals surface area contributed by atoms with Crippen molar-refractivity contribution in [2.75, 3.05) is 33.7 Å². The lowest BCUT2D eigenvalue weighted by molar-refractivity contribution is 0.126. The van der Waals surface area contributed by atoms with Crippen molar-refractivity contribution < 1.29 is 0 Å². The molecule has 0 aromatic carbocycles. The summed E-state index contributed by atoms with van der Waals surface area (Å²) in [6.07, 6.45) is 5.26. The monoisotopic (exact) mass is 213 g/mol. The minimum Gasteiger partial charge on any atom is -0.327 e. The Bertz CT molecular complexity index is 168. The highest BCUT2D eigenvalue weighted by molar-refractivity contribution is 4.82. The van der Waals surface area contributed by atoms with Gasteiger partial charge in [-0.2, -0.15) is 0 Å². The van der Waals surface area contributed by atoms with Gasteiger partial charge in [0.25, 0.3) is 0 Å². The number of nitrogens with zero attached hydrogens (tertiary/aromatic N) is 2. The fraction of sp³-hybridized carbons (Fsp3) is 1.00. The van der Waals surface area contributed by atoms with Gasteiger partial charge in [0.1, 0.15) is 0 Å². The molecule has 0 aromatic heterocycles. The van der Waals surface area contributed by atoms with Gasteiger partial charge in [-0.15, -0.1) is 0 Å². The van der Waals surface area contributed by atoms with Crippen LogP contribution in [-0.4, -0.2) is 55.6 Å². The molecule has 0 bridgehead atoms. The van der Waals surface area contributed by atoms with Crippen LogP contribution in [0.2, 0.25) is 0 Å². The molecule has 0 saturated carbocycles.